The summed E-state index contributed by atoms with van der Waals surface area (Å²) < 4.78 is 14.5. The first-order chi connectivity index (χ1) is 12.2. The van der Waals surface area contributed by atoms with Gasteiger partial charge in [0, 0.05) is 32.7 Å². The van der Waals surface area contributed by atoms with Crippen LogP contribution in [0.2, 0.25) is 0 Å². The van der Waals surface area contributed by atoms with Gasteiger partial charge in [0.25, 0.3) is 0 Å². The number of rotatable bonds is 6. The second kappa shape index (κ2) is 9.90. The minimum atomic E-state index is -0.181. The van der Waals surface area contributed by atoms with Crippen LogP contribution < -0.4 is 15.5 Å². The molecule has 1 heterocycles. The highest BCUT2D eigenvalue weighted by Gasteiger charge is 2.18. The van der Waals surface area contributed by atoms with Crippen LogP contribution in [0, 0.1) is 18.2 Å². The van der Waals surface area contributed by atoms with E-state index in [9.17, 15) is 4.39 Å². The van der Waals surface area contributed by atoms with E-state index in [2.05, 4.69) is 38.3 Å². The number of guanidine groups is 1. The molecule has 6 heteroatoms. The highest BCUT2D eigenvalue weighted by Crippen LogP contribution is 2.22. The zero-order valence-corrected chi connectivity index (χ0v) is 15.2. The van der Waals surface area contributed by atoms with Crippen molar-refractivity contribution in [1.29, 1.82) is 0 Å². The van der Waals surface area contributed by atoms with Crippen LogP contribution in [0.15, 0.2) is 23.2 Å². The van der Waals surface area contributed by atoms with E-state index in [0.717, 1.165) is 44.8 Å². The van der Waals surface area contributed by atoms with Gasteiger partial charge >= 0.3 is 0 Å². The molecule has 1 aromatic rings. The predicted molar refractivity (Wildman–Crippen MR) is 102 cm³/mol. The van der Waals surface area contributed by atoms with Crippen molar-refractivity contribution in [3.8, 4) is 12.3 Å². The summed E-state index contributed by atoms with van der Waals surface area (Å²) in [5.41, 5.74) is 1.52. The van der Waals surface area contributed by atoms with Crippen molar-refractivity contribution in [1.82, 2.24) is 15.5 Å². The number of aliphatic imine (C=N–C) groups is 1. The molecule has 1 fully saturated rings. The Morgan fingerprint density at radius 3 is 2.60 bits per heavy atom. The summed E-state index contributed by atoms with van der Waals surface area (Å²) >= 11 is 0. The maximum absolute atomic E-state index is 14.5. The highest BCUT2D eigenvalue weighted by atomic mass is 19.1. The minimum absolute atomic E-state index is 0.181. The molecule has 0 saturated carbocycles. The largest absolute Gasteiger partial charge is 0.367 e. The van der Waals surface area contributed by atoms with Crippen molar-refractivity contribution in [2.75, 3.05) is 50.7 Å². The Labute approximate surface area is 150 Å². The lowest BCUT2D eigenvalue weighted by atomic mass is 10.1. The Bertz CT molecular complexity index is 615. The molecule has 5 nitrogen and oxygen atoms in total. The highest BCUT2D eigenvalue weighted by molar-refractivity contribution is 5.80. The Morgan fingerprint density at radius 1 is 1.24 bits per heavy atom. The molecule has 0 aromatic heterocycles. The summed E-state index contributed by atoms with van der Waals surface area (Å²) in [7, 11) is 0. The second-order valence-corrected chi connectivity index (χ2v) is 5.96. The van der Waals surface area contributed by atoms with Gasteiger partial charge in [0.1, 0.15) is 5.82 Å². The van der Waals surface area contributed by atoms with E-state index in [1.54, 1.807) is 6.07 Å². The van der Waals surface area contributed by atoms with Gasteiger partial charge < -0.3 is 20.4 Å². The number of terminal acetylenes is 1. The van der Waals surface area contributed by atoms with E-state index in [-0.39, 0.29) is 5.82 Å². The molecule has 2 N–H and O–H groups in total. The lowest BCUT2D eigenvalue weighted by molar-refractivity contribution is 0.270. The fourth-order valence-electron chi connectivity index (χ4n) is 2.86. The number of halogens is 1. The van der Waals surface area contributed by atoms with Crippen LogP contribution in [0.5, 0.6) is 0 Å². The number of hydrogen-bond donors (Lipinski definition) is 2. The van der Waals surface area contributed by atoms with Gasteiger partial charge in [0.05, 0.1) is 18.8 Å². The Hall–Kier alpha value is -2.26. The number of hydrogen-bond acceptors (Lipinski definition) is 3. The predicted octanol–water partition coefficient (Wildman–Crippen LogP) is 1.66. The molecule has 1 aliphatic heterocycles. The molecule has 0 spiro atoms. The van der Waals surface area contributed by atoms with Crippen LogP contribution in [0.1, 0.15) is 19.4 Å². The maximum Gasteiger partial charge on any atom is 0.192 e. The van der Waals surface area contributed by atoms with Gasteiger partial charge in [-0.1, -0.05) is 18.9 Å². The summed E-state index contributed by atoms with van der Waals surface area (Å²) in [6.45, 7) is 10.4. The molecular weight excluding hydrogens is 317 g/mol. The molecule has 136 valence electrons. The zero-order valence-electron chi connectivity index (χ0n) is 15.2. The van der Waals surface area contributed by atoms with E-state index in [1.807, 2.05) is 19.1 Å². The van der Waals surface area contributed by atoms with Crippen molar-refractivity contribution >= 4 is 11.6 Å². The average Bonchev–Trinajstić information content (AvgIpc) is 2.64. The third kappa shape index (κ3) is 5.64. The number of anilines is 1. The van der Waals surface area contributed by atoms with E-state index < -0.39 is 0 Å². The van der Waals surface area contributed by atoms with Gasteiger partial charge in [0.2, 0.25) is 0 Å². The third-order valence-corrected chi connectivity index (χ3v) is 4.29. The average molecular weight is 345 g/mol. The van der Waals surface area contributed by atoms with Crippen LogP contribution in [-0.4, -0.2) is 56.7 Å². The first-order valence-electron chi connectivity index (χ1n) is 8.89. The monoisotopic (exact) mass is 345 g/mol. The summed E-state index contributed by atoms with van der Waals surface area (Å²) in [5, 5.41) is 6.14. The van der Waals surface area contributed by atoms with Gasteiger partial charge in [-0.3, -0.25) is 0 Å². The molecule has 1 aromatic carbocycles. The van der Waals surface area contributed by atoms with Gasteiger partial charge in [-0.15, -0.1) is 6.42 Å². The Kier molecular flexibility index (Phi) is 7.55. The normalized spacial score (nSPS) is 15.8. The fourth-order valence-corrected chi connectivity index (χ4v) is 2.86. The third-order valence-electron chi connectivity index (χ3n) is 4.29. The van der Waals surface area contributed by atoms with Crippen LogP contribution in [0.3, 0.4) is 0 Å². The molecule has 1 saturated heterocycles. The molecule has 25 heavy (non-hydrogen) atoms. The molecule has 1 aliphatic rings. The van der Waals surface area contributed by atoms with Crippen LogP contribution in [0.4, 0.5) is 10.1 Å². The molecule has 0 amide bonds. The topological polar surface area (TPSA) is 42.9 Å². The molecular formula is C19H28FN5. The molecule has 0 aliphatic carbocycles. The minimum Gasteiger partial charge on any atom is -0.367 e. The lowest BCUT2D eigenvalue weighted by Crippen LogP contribution is -2.46. The van der Waals surface area contributed by atoms with E-state index in [0.29, 0.717) is 24.7 Å². The van der Waals surface area contributed by atoms with E-state index in [4.69, 9.17) is 6.42 Å². The Balaban J connectivity index is 2.00. The second-order valence-electron chi connectivity index (χ2n) is 5.96. The molecule has 0 atom stereocenters. The van der Waals surface area contributed by atoms with Crippen LogP contribution in [0.25, 0.3) is 0 Å². The van der Waals surface area contributed by atoms with Crippen LogP contribution >= 0.6 is 0 Å². The fraction of sp³-hybridized carbons (Fsp3) is 0.526. The zero-order chi connectivity index (χ0) is 18.1. The Morgan fingerprint density at radius 2 is 2.00 bits per heavy atom. The SMILES string of the molecule is C#CCNC(=NCc1ccc(N2CCN(CC)CC2)c(F)c1)NCC. The summed E-state index contributed by atoms with van der Waals surface area (Å²) in [6.07, 6.45) is 5.25. The molecule has 0 unspecified atom stereocenters. The maximum atomic E-state index is 14.5. The van der Waals surface area contributed by atoms with Crippen molar-refractivity contribution in [2.24, 2.45) is 4.99 Å². The molecule has 2 rings (SSSR count). The number of nitrogens with zero attached hydrogens (tertiary/aromatic N) is 3. The number of likely N-dealkylation sites (N-methyl/N-ethyl adjacent to an activating group) is 1. The summed E-state index contributed by atoms with van der Waals surface area (Å²) in [6, 6.07) is 5.39. The molecule has 0 bridgehead atoms. The van der Waals surface area contributed by atoms with E-state index in [1.165, 1.54) is 0 Å². The number of benzene rings is 1. The quantitative estimate of drug-likeness (QED) is 0.467. The summed E-state index contributed by atoms with van der Waals surface area (Å²) in [5.74, 6) is 2.97. The first kappa shape index (κ1) is 19.1. The standard InChI is InChI=1S/C19H28FN5/c1-4-9-22-19(21-5-2)23-15-16-7-8-18(17(20)14-16)25-12-10-24(6-3)11-13-25/h1,7-8,14H,5-6,9-13,15H2,2-3H3,(H2,21,22,23). The van der Waals surface area contributed by atoms with Gasteiger partial charge in [-0.2, -0.15) is 0 Å². The number of piperazine rings is 1. The van der Waals surface area contributed by atoms with Crippen molar-refractivity contribution in [3.05, 3.63) is 29.6 Å². The van der Waals surface area contributed by atoms with Crippen LogP contribution in [-0.2, 0) is 6.54 Å². The lowest BCUT2D eigenvalue weighted by Gasteiger charge is -2.35. The van der Waals surface area contributed by atoms with Gasteiger partial charge in [-0.05, 0) is 31.2 Å². The van der Waals surface area contributed by atoms with Crippen molar-refractivity contribution in [3.63, 3.8) is 0 Å². The number of nitrogens with one attached hydrogen (secondary N) is 2. The summed E-state index contributed by atoms with van der Waals surface area (Å²) in [4.78, 5) is 8.93. The van der Waals surface area contributed by atoms with Gasteiger partial charge in [0.15, 0.2) is 5.96 Å². The van der Waals surface area contributed by atoms with Crippen molar-refractivity contribution < 1.29 is 4.39 Å². The molecule has 0 radical (unpaired) electrons. The smallest absolute Gasteiger partial charge is 0.192 e. The van der Waals surface area contributed by atoms with E-state index >= 15 is 0 Å². The first-order valence-corrected chi connectivity index (χ1v) is 8.89. The van der Waals surface area contributed by atoms with Gasteiger partial charge in [-0.25, -0.2) is 9.38 Å². The van der Waals surface area contributed by atoms with Crippen molar-refractivity contribution in [2.45, 2.75) is 20.4 Å².